The molecule has 1 unspecified atom stereocenters. The molecule has 0 aliphatic rings. The van der Waals surface area contributed by atoms with E-state index in [1.807, 2.05) is 6.92 Å². The highest BCUT2D eigenvalue weighted by atomic mass is 35.5. The zero-order chi connectivity index (χ0) is 12.8. The van der Waals surface area contributed by atoms with Crippen LogP contribution in [0.4, 0.5) is 0 Å². The molecule has 1 atom stereocenters. The molecule has 5 heteroatoms. The second-order valence-electron chi connectivity index (χ2n) is 3.99. The first-order valence-electron chi connectivity index (χ1n) is 5.67. The zero-order valence-electron chi connectivity index (χ0n) is 9.96. The number of nitrogens with zero attached hydrogens (tertiary/aromatic N) is 1. The Hall–Kier alpha value is -0.800. The predicted octanol–water partition coefficient (Wildman–Crippen LogP) is 3.70. The number of carbonyl (C=O) groups excluding carboxylic acids is 1. The average molecular weight is 275 g/mol. The summed E-state index contributed by atoms with van der Waals surface area (Å²) in [4.78, 5) is 15.7. The summed E-state index contributed by atoms with van der Waals surface area (Å²) >= 11 is 11.5. The SMILES string of the molecule is CCCCC(C)NC(=O)c1ccc(Cl)nc1Cl. The third kappa shape index (κ3) is 4.52. The molecular formula is C12H16Cl2N2O. The van der Waals surface area contributed by atoms with E-state index in [9.17, 15) is 4.79 Å². The van der Waals surface area contributed by atoms with E-state index in [-0.39, 0.29) is 22.3 Å². The summed E-state index contributed by atoms with van der Waals surface area (Å²) in [7, 11) is 0. The van der Waals surface area contributed by atoms with Gasteiger partial charge in [0.25, 0.3) is 5.91 Å². The van der Waals surface area contributed by atoms with Crippen molar-refractivity contribution in [2.75, 3.05) is 0 Å². The normalized spacial score (nSPS) is 12.2. The van der Waals surface area contributed by atoms with E-state index in [4.69, 9.17) is 23.2 Å². The molecule has 0 aliphatic heterocycles. The fourth-order valence-electron chi connectivity index (χ4n) is 1.47. The van der Waals surface area contributed by atoms with Crippen molar-refractivity contribution in [2.45, 2.75) is 39.2 Å². The number of halogens is 2. The third-order valence-corrected chi connectivity index (χ3v) is 2.93. The van der Waals surface area contributed by atoms with Gasteiger partial charge in [0.1, 0.15) is 10.3 Å². The number of aromatic nitrogens is 1. The molecule has 1 aromatic rings. The van der Waals surface area contributed by atoms with Crippen LogP contribution in [0.25, 0.3) is 0 Å². The number of hydrogen-bond donors (Lipinski definition) is 1. The van der Waals surface area contributed by atoms with Gasteiger partial charge in [-0.1, -0.05) is 43.0 Å². The van der Waals surface area contributed by atoms with Crippen LogP contribution in [0.1, 0.15) is 43.5 Å². The number of pyridine rings is 1. The van der Waals surface area contributed by atoms with Crippen LogP contribution >= 0.6 is 23.2 Å². The van der Waals surface area contributed by atoms with Crippen LogP contribution in [0.5, 0.6) is 0 Å². The van der Waals surface area contributed by atoms with Crippen LogP contribution in [-0.4, -0.2) is 16.9 Å². The number of carbonyl (C=O) groups is 1. The molecule has 1 aromatic heterocycles. The molecular weight excluding hydrogens is 259 g/mol. The molecule has 94 valence electrons. The van der Waals surface area contributed by atoms with Gasteiger partial charge in [0, 0.05) is 6.04 Å². The minimum Gasteiger partial charge on any atom is -0.349 e. The maximum atomic E-state index is 11.9. The molecule has 0 fully saturated rings. The van der Waals surface area contributed by atoms with E-state index in [1.165, 1.54) is 0 Å². The first-order valence-corrected chi connectivity index (χ1v) is 6.43. The molecule has 1 N–H and O–H groups in total. The highest BCUT2D eigenvalue weighted by Crippen LogP contribution is 2.16. The van der Waals surface area contributed by atoms with Crippen molar-refractivity contribution in [1.29, 1.82) is 0 Å². The molecule has 0 bridgehead atoms. The minimum atomic E-state index is -0.206. The maximum Gasteiger partial charge on any atom is 0.254 e. The van der Waals surface area contributed by atoms with E-state index in [0.29, 0.717) is 5.56 Å². The summed E-state index contributed by atoms with van der Waals surface area (Å²) in [6, 6.07) is 3.27. The van der Waals surface area contributed by atoms with Crippen molar-refractivity contribution in [1.82, 2.24) is 10.3 Å². The Morgan fingerprint density at radius 3 is 2.76 bits per heavy atom. The lowest BCUT2D eigenvalue weighted by Crippen LogP contribution is -2.32. The van der Waals surface area contributed by atoms with Crippen LogP contribution in [0, 0.1) is 0 Å². The Kier molecular flexibility index (Phi) is 5.72. The monoisotopic (exact) mass is 274 g/mol. The molecule has 0 aliphatic carbocycles. The Morgan fingerprint density at radius 1 is 1.47 bits per heavy atom. The quantitative estimate of drug-likeness (QED) is 0.832. The van der Waals surface area contributed by atoms with Crippen molar-refractivity contribution in [3.05, 3.63) is 28.0 Å². The number of rotatable bonds is 5. The summed E-state index contributed by atoms with van der Waals surface area (Å²) in [5, 5.41) is 3.30. The zero-order valence-corrected chi connectivity index (χ0v) is 11.5. The van der Waals surface area contributed by atoms with Crippen molar-refractivity contribution in [2.24, 2.45) is 0 Å². The highest BCUT2D eigenvalue weighted by Gasteiger charge is 2.13. The Balaban J connectivity index is 2.63. The van der Waals surface area contributed by atoms with Gasteiger partial charge in [-0.2, -0.15) is 0 Å². The lowest BCUT2D eigenvalue weighted by atomic mass is 10.1. The van der Waals surface area contributed by atoms with Gasteiger partial charge in [-0.3, -0.25) is 4.79 Å². The van der Waals surface area contributed by atoms with Gasteiger partial charge in [-0.05, 0) is 25.5 Å². The molecule has 17 heavy (non-hydrogen) atoms. The summed E-state index contributed by atoms with van der Waals surface area (Å²) in [6.45, 7) is 4.10. The predicted molar refractivity (Wildman–Crippen MR) is 70.7 cm³/mol. The van der Waals surface area contributed by atoms with Crippen molar-refractivity contribution in [3.63, 3.8) is 0 Å². The molecule has 1 rings (SSSR count). The van der Waals surface area contributed by atoms with Crippen LogP contribution in [0.3, 0.4) is 0 Å². The fraction of sp³-hybridized carbons (Fsp3) is 0.500. The molecule has 0 saturated carbocycles. The maximum absolute atomic E-state index is 11.9. The van der Waals surface area contributed by atoms with Crippen LogP contribution in [-0.2, 0) is 0 Å². The second-order valence-corrected chi connectivity index (χ2v) is 4.73. The first kappa shape index (κ1) is 14.3. The lowest BCUT2D eigenvalue weighted by Gasteiger charge is -2.13. The Labute approximate surface area is 112 Å². The third-order valence-electron chi connectivity index (χ3n) is 2.43. The largest absolute Gasteiger partial charge is 0.349 e. The summed E-state index contributed by atoms with van der Waals surface area (Å²) in [5.41, 5.74) is 0.361. The first-order chi connectivity index (χ1) is 8.04. The molecule has 1 amide bonds. The van der Waals surface area contributed by atoms with E-state index in [1.54, 1.807) is 12.1 Å². The van der Waals surface area contributed by atoms with Crippen molar-refractivity contribution in [3.8, 4) is 0 Å². The van der Waals surface area contributed by atoms with E-state index >= 15 is 0 Å². The van der Waals surface area contributed by atoms with Gasteiger partial charge < -0.3 is 5.32 Å². The summed E-state index contributed by atoms with van der Waals surface area (Å²) < 4.78 is 0. The van der Waals surface area contributed by atoms with Gasteiger partial charge in [-0.25, -0.2) is 4.98 Å². The number of hydrogen-bond acceptors (Lipinski definition) is 2. The fourth-order valence-corrected chi connectivity index (χ4v) is 1.90. The Morgan fingerprint density at radius 2 is 2.18 bits per heavy atom. The van der Waals surface area contributed by atoms with Crippen molar-refractivity contribution < 1.29 is 4.79 Å². The van der Waals surface area contributed by atoms with Gasteiger partial charge in [-0.15, -0.1) is 0 Å². The minimum absolute atomic E-state index is 0.134. The van der Waals surface area contributed by atoms with Gasteiger partial charge in [0.2, 0.25) is 0 Å². The number of nitrogens with one attached hydrogen (secondary N) is 1. The molecule has 0 aromatic carbocycles. The van der Waals surface area contributed by atoms with Gasteiger partial charge in [0.15, 0.2) is 0 Å². The molecule has 0 radical (unpaired) electrons. The standard InChI is InChI=1S/C12H16Cl2N2O/c1-3-4-5-8(2)15-12(17)9-6-7-10(13)16-11(9)14/h6-8H,3-5H2,1-2H3,(H,15,17). The van der Waals surface area contributed by atoms with Gasteiger partial charge in [0.05, 0.1) is 5.56 Å². The smallest absolute Gasteiger partial charge is 0.254 e. The van der Waals surface area contributed by atoms with Crippen LogP contribution < -0.4 is 5.32 Å². The van der Waals surface area contributed by atoms with Gasteiger partial charge >= 0.3 is 0 Å². The van der Waals surface area contributed by atoms with Crippen molar-refractivity contribution >= 4 is 29.1 Å². The topological polar surface area (TPSA) is 42.0 Å². The van der Waals surface area contributed by atoms with E-state index in [2.05, 4.69) is 17.2 Å². The molecule has 1 heterocycles. The number of amides is 1. The second kappa shape index (κ2) is 6.82. The lowest BCUT2D eigenvalue weighted by molar-refractivity contribution is 0.0938. The van der Waals surface area contributed by atoms with Crippen LogP contribution in [0.15, 0.2) is 12.1 Å². The summed E-state index contributed by atoms with van der Waals surface area (Å²) in [6.07, 6.45) is 3.17. The summed E-state index contributed by atoms with van der Waals surface area (Å²) in [5.74, 6) is -0.206. The molecule has 0 spiro atoms. The van der Waals surface area contributed by atoms with E-state index < -0.39 is 0 Å². The highest BCUT2D eigenvalue weighted by molar-refractivity contribution is 6.34. The molecule has 0 saturated heterocycles. The average Bonchev–Trinajstić information content (AvgIpc) is 2.26. The van der Waals surface area contributed by atoms with E-state index in [0.717, 1.165) is 19.3 Å². The Bertz CT molecular complexity index is 396. The molecule has 3 nitrogen and oxygen atoms in total. The number of unbranched alkanes of at least 4 members (excludes halogenated alkanes) is 1. The van der Waals surface area contributed by atoms with Crippen LogP contribution in [0.2, 0.25) is 10.3 Å².